The van der Waals surface area contributed by atoms with Gasteiger partial charge in [0.05, 0.1) is 37.6 Å². The van der Waals surface area contributed by atoms with Crippen LogP contribution >= 0.6 is 0 Å². The molecule has 242 valence electrons. The Labute approximate surface area is 268 Å². The minimum atomic E-state index is -0.861. The number of fused-ring (bicyclic) bond motifs is 1. The lowest BCUT2D eigenvalue weighted by molar-refractivity contribution is -0.141. The number of carbonyl (C=O) groups excluding carboxylic acids is 1. The Morgan fingerprint density at radius 3 is 2.50 bits per heavy atom. The summed E-state index contributed by atoms with van der Waals surface area (Å²) in [5.41, 5.74) is 3.72. The fourth-order valence-electron chi connectivity index (χ4n) is 6.38. The smallest absolute Gasteiger partial charge is 0.331 e. The number of rotatable bonds is 11. The van der Waals surface area contributed by atoms with E-state index in [0.29, 0.717) is 52.2 Å². The van der Waals surface area contributed by atoms with Crippen LogP contribution in [0.1, 0.15) is 62.9 Å². The molecule has 46 heavy (non-hydrogen) atoms. The van der Waals surface area contributed by atoms with Crippen molar-refractivity contribution in [3.05, 3.63) is 65.1 Å². The molecule has 3 atom stereocenters. The van der Waals surface area contributed by atoms with Crippen LogP contribution < -0.4 is 14.8 Å². The lowest BCUT2D eigenvalue weighted by Crippen LogP contribution is -2.37. The number of carbonyl (C=O) groups is 2. The zero-order chi connectivity index (χ0) is 33.1. The molecule has 0 bridgehead atoms. The van der Waals surface area contributed by atoms with Crippen molar-refractivity contribution in [2.24, 2.45) is 23.7 Å². The normalized spacial score (nSPS) is 20.1. The molecular weight excluding hydrogens is 586 g/mol. The van der Waals surface area contributed by atoms with E-state index >= 15 is 0 Å². The molecule has 1 aliphatic carbocycles. The molecule has 1 saturated carbocycles. The van der Waals surface area contributed by atoms with Gasteiger partial charge in [0, 0.05) is 11.8 Å². The van der Waals surface area contributed by atoms with Crippen LogP contribution in [0.4, 0.5) is 17.1 Å². The maximum Gasteiger partial charge on any atom is 0.331 e. The van der Waals surface area contributed by atoms with Crippen molar-refractivity contribution in [2.75, 3.05) is 19.0 Å². The van der Waals surface area contributed by atoms with Crippen molar-refractivity contribution in [1.29, 1.82) is 0 Å². The van der Waals surface area contributed by atoms with Crippen LogP contribution in [-0.4, -0.2) is 51.5 Å². The van der Waals surface area contributed by atoms with E-state index in [9.17, 15) is 14.7 Å². The van der Waals surface area contributed by atoms with Crippen molar-refractivity contribution >= 4 is 34.6 Å². The summed E-state index contributed by atoms with van der Waals surface area (Å²) in [5, 5.41) is 15.8. The summed E-state index contributed by atoms with van der Waals surface area (Å²) in [6.45, 7) is 18.0. The molecule has 0 amide bonds. The Bertz CT molecular complexity index is 1770. The highest BCUT2D eigenvalue weighted by atomic mass is 16.5. The average Bonchev–Trinajstić information content (AvgIpc) is 3.57. The number of hydrogen-bond donors (Lipinski definition) is 3. The maximum atomic E-state index is 13.5. The molecule has 0 aliphatic heterocycles. The number of carboxylic acid groups (broad SMARTS) is 1. The van der Waals surface area contributed by atoms with E-state index in [4.69, 9.17) is 25.8 Å². The molecule has 1 fully saturated rings. The van der Waals surface area contributed by atoms with Crippen LogP contribution in [0.2, 0.25) is 0 Å². The van der Waals surface area contributed by atoms with Gasteiger partial charge < -0.3 is 24.6 Å². The molecule has 4 aromatic rings. The standard InChI is InChI=1S/C35H41N5O6/c1-19-8-10-29(45-13-12-21(3)34(41)42)25(16-19)37-26-17-24(9-11-28(26)44-7)32-38-33-30(27(36-6)18-40(33)39-32)35(43)46-31-22(4)14-20(2)15-23(31)5/h8-11,16-18,20-23,31,37H,12-15H2,1-5,7H3,(H,38,39)(H,41,42). The van der Waals surface area contributed by atoms with E-state index < -0.39 is 17.9 Å². The van der Waals surface area contributed by atoms with Gasteiger partial charge in [-0.3, -0.25) is 14.4 Å². The molecule has 1 aliphatic rings. The lowest BCUT2D eigenvalue weighted by Gasteiger charge is -2.37. The Balaban J connectivity index is 1.43. The van der Waals surface area contributed by atoms with Crippen LogP contribution in [0.5, 0.6) is 11.5 Å². The number of aromatic nitrogens is 3. The van der Waals surface area contributed by atoms with Gasteiger partial charge in [-0.2, -0.15) is 0 Å². The van der Waals surface area contributed by atoms with Crippen LogP contribution in [0.25, 0.3) is 21.9 Å². The number of H-pyrrole nitrogens is 1. The number of carboxylic acids is 1. The van der Waals surface area contributed by atoms with Crippen LogP contribution in [0.3, 0.4) is 0 Å². The predicted molar refractivity (Wildman–Crippen MR) is 175 cm³/mol. The van der Waals surface area contributed by atoms with E-state index in [1.54, 1.807) is 24.7 Å². The topological polar surface area (TPSA) is 132 Å². The number of methoxy groups -OCH3 is 1. The molecule has 3 unspecified atom stereocenters. The molecular formula is C35H41N5O6. The number of aliphatic carboxylic acids is 1. The SMILES string of the molecule is [C-]#[N+]c1cn2[nH]c(-c3ccc(OC)c(Nc4cc(C)ccc4OCCC(C)C(=O)O)c3)nc2c1C(=O)OC1C(C)CC(C)CC1C. The Morgan fingerprint density at radius 1 is 1.13 bits per heavy atom. The van der Waals surface area contributed by atoms with Crippen LogP contribution in [-0.2, 0) is 9.53 Å². The number of aromatic amines is 1. The number of ether oxygens (including phenoxy) is 3. The zero-order valence-corrected chi connectivity index (χ0v) is 27.1. The van der Waals surface area contributed by atoms with Gasteiger partial charge in [-0.15, -0.1) is 0 Å². The summed E-state index contributed by atoms with van der Waals surface area (Å²) in [7, 11) is 1.58. The number of benzene rings is 2. The summed E-state index contributed by atoms with van der Waals surface area (Å²) in [6, 6.07) is 11.3. The van der Waals surface area contributed by atoms with Gasteiger partial charge in [-0.1, -0.05) is 33.8 Å². The molecule has 11 heteroatoms. The summed E-state index contributed by atoms with van der Waals surface area (Å²) in [6.07, 6.45) is 3.70. The fraction of sp³-hybridized carbons (Fsp3) is 0.429. The third-order valence-corrected chi connectivity index (χ3v) is 8.75. The molecule has 2 aromatic carbocycles. The Hall–Kier alpha value is -4.98. The highest BCUT2D eigenvalue weighted by molar-refractivity contribution is 6.03. The lowest BCUT2D eigenvalue weighted by atomic mass is 9.75. The highest BCUT2D eigenvalue weighted by Gasteiger charge is 2.35. The van der Waals surface area contributed by atoms with Crippen molar-refractivity contribution in [1.82, 2.24) is 14.6 Å². The van der Waals surface area contributed by atoms with Gasteiger partial charge in [0.1, 0.15) is 23.2 Å². The minimum Gasteiger partial charge on any atom is -0.495 e. The predicted octanol–water partition coefficient (Wildman–Crippen LogP) is 7.66. The van der Waals surface area contributed by atoms with E-state index in [-0.39, 0.29) is 35.8 Å². The third kappa shape index (κ3) is 6.81. The number of hydrogen-bond acceptors (Lipinski definition) is 7. The first-order chi connectivity index (χ1) is 22.0. The number of anilines is 2. The van der Waals surface area contributed by atoms with Crippen LogP contribution in [0.15, 0.2) is 42.6 Å². The minimum absolute atomic E-state index is 0.154. The van der Waals surface area contributed by atoms with Gasteiger partial charge in [-0.05, 0) is 79.8 Å². The summed E-state index contributed by atoms with van der Waals surface area (Å²) in [4.78, 5) is 33.1. The number of aryl methyl sites for hydroxylation is 1. The largest absolute Gasteiger partial charge is 0.495 e. The molecule has 11 nitrogen and oxygen atoms in total. The first-order valence-corrected chi connectivity index (χ1v) is 15.6. The monoisotopic (exact) mass is 627 g/mol. The number of esters is 1. The molecule has 0 saturated heterocycles. The van der Waals surface area contributed by atoms with Gasteiger partial charge in [0.2, 0.25) is 5.69 Å². The molecule has 2 heterocycles. The number of nitrogens with zero attached hydrogens (tertiary/aromatic N) is 3. The Kier molecular flexibility index (Phi) is 9.56. The zero-order valence-electron chi connectivity index (χ0n) is 27.1. The molecule has 0 spiro atoms. The third-order valence-electron chi connectivity index (χ3n) is 8.75. The van der Waals surface area contributed by atoms with Crippen molar-refractivity contribution in [2.45, 2.75) is 60.0 Å². The molecule has 3 N–H and O–H groups in total. The van der Waals surface area contributed by atoms with Crippen LogP contribution in [0, 0.1) is 37.2 Å². The fourth-order valence-corrected chi connectivity index (χ4v) is 6.38. The molecule has 2 aromatic heterocycles. The van der Waals surface area contributed by atoms with Crippen molar-refractivity contribution in [3.63, 3.8) is 0 Å². The van der Waals surface area contributed by atoms with E-state index in [1.165, 1.54) is 0 Å². The summed E-state index contributed by atoms with van der Waals surface area (Å²) in [5.74, 6) is 0.765. The highest BCUT2D eigenvalue weighted by Crippen LogP contribution is 2.38. The molecule has 5 rings (SSSR count). The van der Waals surface area contributed by atoms with Gasteiger partial charge in [0.15, 0.2) is 11.5 Å². The first kappa shape index (κ1) is 32.4. The maximum absolute atomic E-state index is 13.5. The molecule has 0 radical (unpaired) electrons. The second-order valence-electron chi connectivity index (χ2n) is 12.6. The van der Waals surface area contributed by atoms with Crippen molar-refractivity contribution < 1.29 is 28.9 Å². The van der Waals surface area contributed by atoms with E-state index in [2.05, 4.69) is 36.0 Å². The Morgan fingerprint density at radius 2 is 1.83 bits per heavy atom. The number of nitrogens with one attached hydrogen (secondary N) is 2. The van der Waals surface area contributed by atoms with Gasteiger partial charge >= 0.3 is 11.9 Å². The second kappa shape index (κ2) is 13.6. The quantitative estimate of drug-likeness (QED) is 0.114. The van der Waals surface area contributed by atoms with E-state index in [0.717, 1.165) is 18.4 Å². The van der Waals surface area contributed by atoms with E-state index in [1.807, 2.05) is 43.3 Å². The summed E-state index contributed by atoms with van der Waals surface area (Å²) < 4.78 is 19.2. The summed E-state index contributed by atoms with van der Waals surface area (Å²) >= 11 is 0. The van der Waals surface area contributed by atoms with Gasteiger partial charge in [0.25, 0.3) is 0 Å². The first-order valence-electron chi connectivity index (χ1n) is 15.6. The van der Waals surface area contributed by atoms with Gasteiger partial charge in [-0.25, -0.2) is 14.6 Å². The van der Waals surface area contributed by atoms with Crippen molar-refractivity contribution in [3.8, 4) is 22.9 Å². The second-order valence-corrected chi connectivity index (χ2v) is 12.6. The average molecular weight is 628 g/mol.